The van der Waals surface area contributed by atoms with E-state index < -0.39 is 11.7 Å². The molecule has 0 radical (unpaired) electrons. The lowest BCUT2D eigenvalue weighted by molar-refractivity contribution is 0.0567. The third kappa shape index (κ3) is 4.51. The molecule has 8 nitrogen and oxygen atoms in total. The Morgan fingerprint density at radius 3 is 2.75 bits per heavy atom. The Morgan fingerprint density at radius 1 is 1.32 bits per heavy atom. The van der Waals surface area contributed by atoms with Crippen LogP contribution in [0.5, 0.6) is 5.75 Å². The zero-order valence-electron chi connectivity index (χ0n) is 16.1. The molecule has 0 saturated carbocycles. The van der Waals surface area contributed by atoms with Gasteiger partial charge in [-0.2, -0.15) is 4.98 Å². The molecule has 0 atom stereocenters. The third-order valence-corrected chi connectivity index (χ3v) is 4.02. The lowest BCUT2D eigenvalue weighted by Crippen LogP contribution is -2.41. The fraction of sp³-hybridized carbons (Fsp3) is 0.368. The molecule has 1 amide bonds. The normalized spacial score (nSPS) is 13.4. The molecule has 28 heavy (non-hydrogen) atoms. The Hall–Kier alpha value is -2.87. The van der Waals surface area contributed by atoms with Gasteiger partial charge in [-0.25, -0.2) is 9.78 Å². The van der Waals surface area contributed by atoms with Crippen molar-refractivity contribution in [2.24, 2.45) is 0 Å². The van der Waals surface area contributed by atoms with Gasteiger partial charge in [0.05, 0.1) is 17.8 Å². The molecule has 0 fully saturated rings. The van der Waals surface area contributed by atoms with Crippen LogP contribution in [0, 0.1) is 0 Å². The van der Waals surface area contributed by atoms with Crippen LogP contribution in [-0.4, -0.2) is 40.6 Å². The van der Waals surface area contributed by atoms with Crippen LogP contribution < -0.4 is 15.0 Å². The van der Waals surface area contributed by atoms with Crippen LogP contribution in [0.2, 0.25) is 5.28 Å². The first-order valence-corrected chi connectivity index (χ1v) is 9.10. The molecule has 1 aromatic carbocycles. The number of carbonyl (C=O) groups excluding carboxylic acids is 2. The second-order valence-corrected chi connectivity index (χ2v) is 7.58. The van der Waals surface area contributed by atoms with Crippen molar-refractivity contribution in [2.75, 3.05) is 23.4 Å². The van der Waals surface area contributed by atoms with E-state index in [1.54, 1.807) is 18.2 Å². The molecule has 9 heteroatoms. The number of ketones is 1. The summed E-state index contributed by atoms with van der Waals surface area (Å²) in [5, 5.41) is 3.08. The van der Waals surface area contributed by atoms with Crippen molar-refractivity contribution < 1.29 is 19.1 Å². The topological polar surface area (TPSA) is 93.7 Å². The van der Waals surface area contributed by atoms with Gasteiger partial charge in [-0.1, -0.05) is 0 Å². The number of halogens is 1. The number of ether oxygens (including phenoxy) is 2. The van der Waals surface area contributed by atoms with Crippen molar-refractivity contribution in [3.05, 3.63) is 35.2 Å². The summed E-state index contributed by atoms with van der Waals surface area (Å²) in [7, 11) is 0. The number of fused-ring (bicyclic) bond motifs is 1. The second kappa shape index (κ2) is 7.63. The van der Waals surface area contributed by atoms with Crippen LogP contribution in [0.15, 0.2) is 24.4 Å². The summed E-state index contributed by atoms with van der Waals surface area (Å²) in [6.07, 6.45) is 0.915. The second-order valence-electron chi connectivity index (χ2n) is 7.25. The Labute approximate surface area is 167 Å². The highest BCUT2D eigenvalue weighted by Gasteiger charge is 2.28. The summed E-state index contributed by atoms with van der Waals surface area (Å²) in [5.74, 6) is 0.652. The molecule has 0 spiro atoms. The van der Waals surface area contributed by atoms with Gasteiger partial charge in [-0.3, -0.25) is 9.69 Å². The SMILES string of the molecule is CC(=O)c1cnc(Cl)nc1Nc1ccc2c(c1)N(C(=O)OC(C)(C)C)CCO2. The zero-order chi connectivity index (χ0) is 20.5. The minimum absolute atomic E-state index is 0.0178. The molecule has 1 N–H and O–H groups in total. The first kappa shape index (κ1) is 19.9. The van der Waals surface area contributed by atoms with Gasteiger partial charge in [0.2, 0.25) is 5.28 Å². The summed E-state index contributed by atoms with van der Waals surface area (Å²) in [4.78, 5) is 33.9. The quantitative estimate of drug-likeness (QED) is 0.604. The van der Waals surface area contributed by atoms with Crippen molar-refractivity contribution in [1.82, 2.24) is 9.97 Å². The maximum atomic E-state index is 12.6. The first-order chi connectivity index (χ1) is 13.1. The number of Topliss-reactive ketones (excluding diaryl/α,β-unsaturated/α-hetero) is 1. The van der Waals surface area contributed by atoms with Gasteiger partial charge in [0.25, 0.3) is 0 Å². The number of hydrogen-bond acceptors (Lipinski definition) is 7. The van der Waals surface area contributed by atoms with E-state index in [2.05, 4.69) is 15.3 Å². The summed E-state index contributed by atoms with van der Waals surface area (Å²) in [5.41, 5.74) is 0.868. The highest BCUT2D eigenvalue weighted by atomic mass is 35.5. The average Bonchev–Trinajstić information content (AvgIpc) is 2.59. The average molecular weight is 405 g/mol. The minimum Gasteiger partial charge on any atom is -0.490 e. The van der Waals surface area contributed by atoms with Crippen molar-refractivity contribution in [2.45, 2.75) is 33.3 Å². The van der Waals surface area contributed by atoms with Crippen molar-refractivity contribution in [3.63, 3.8) is 0 Å². The van der Waals surface area contributed by atoms with E-state index in [1.165, 1.54) is 18.0 Å². The van der Waals surface area contributed by atoms with E-state index in [0.29, 0.717) is 35.8 Å². The third-order valence-electron chi connectivity index (χ3n) is 3.84. The van der Waals surface area contributed by atoms with Crippen LogP contribution in [0.3, 0.4) is 0 Å². The number of carbonyl (C=O) groups is 2. The van der Waals surface area contributed by atoms with Gasteiger partial charge in [-0.05, 0) is 57.5 Å². The largest absolute Gasteiger partial charge is 0.490 e. The highest BCUT2D eigenvalue weighted by molar-refractivity contribution is 6.28. The predicted molar refractivity (Wildman–Crippen MR) is 106 cm³/mol. The number of aromatic nitrogens is 2. The molecule has 2 aromatic rings. The number of hydrogen-bond donors (Lipinski definition) is 1. The number of benzene rings is 1. The Morgan fingerprint density at radius 2 is 2.07 bits per heavy atom. The monoisotopic (exact) mass is 404 g/mol. The van der Waals surface area contributed by atoms with Gasteiger partial charge in [0.1, 0.15) is 23.8 Å². The highest BCUT2D eigenvalue weighted by Crippen LogP contribution is 2.36. The van der Waals surface area contributed by atoms with Gasteiger partial charge in [-0.15, -0.1) is 0 Å². The first-order valence-electron chi connectivity index (χ1n) is 8.72. The van der Waals surface area contributed by atoms with Crippen LogP contribution >= 0.6 is 11.6 Å². The van der Waals surface area contributed by atoms with E-state index in [9.17, 15) is 9.59 Å². The van der Waals surface area contributed by atoms with Crippen molar-refractivity contribution in [1.29, 1.82) is 0 Å². The predicted octanol–water partition coefficient (Wildman–Crippen LogP) is 4.21. The fourth-order valence-corrected chi connectivity index (χ4v) is 2.79. The zero-order valence-corrected chi connectivity index (χ0v) is 16.8. The fourth-order valence-electron chi connectivity index (χ4n) is 2.65. The van der Waals surface area contributed by atoms with Crippen LogP contribution in [0.1, 0.15) is 38.1 Å². The minimum atomic E-state index is -0.612. The number of anilines is 3. The summed E-state index contributed by atoms with van der Waals surface area (Å²) >= 11 is 5.87. The van der Waals surface area contributed by atoms with E-state index in [4.69, 9.17) is 21.1 Å². The molecular formula is C19H21ClN4O4. The summed E-state index contributed by atoms with van der Waals surface area (Å²) in [6, 6.07) is 5.24. The molecule has 0 saturated heterocycles. The van der Waals surface area contributed by atoms with Gasteiger partial charge in [0, 0.05) is 11.9 Å². The summed E-state index contributed by atoms with van der Waals surface area (Å²) in [6.45, 7) is 7.59. The van der Waals surface area contributed by atoms with E-state index in [1.807, 2.05) is 20.8 Å². The van der Waals surface area contributed by atoms with E-state index in [0.717, 1.165) is 0 Å². The van der Waals surface area contributed by atoms with Crippen LogP contribution in [0.4, 0.5) is 22.0 Å². The number of nitrogens with one attached hydrogen (secondary N) is 1. The molecule has 1 aromatic heterocycles. The molecule has 0 bridgehead atoms. The molecular weight excluding hydrogens is 384 g/mol. The lowest BCUT2D eigenvalue weighted by Gasteiger charge is -2.32. The smallest absolute Gasteiger partial charge is 0.415 e. The molecule has 1 aliphatic heterocycles. The maximum absolute atomic E-state index is 12.6. The van der Waals surface area contributed by atoms with Gasteiger partial charge >= 0.3 is 6.09 Å². The van der Waals surface area contributed by atoms with Crippen LogP contribution in [0.25, 0.3) is 0 Å². The molecule has 0 aliphatic carbocycles. The number of nitrogens with zero attached hydrogens (tertiary/aromatic N) is 3. The number of rotatable bonds is 3. The standard InChI is InChI=1S/C19H21ClN4O4/c1-11(25)13-10-21-17(20)23-16(13)22-12-5-6-15-14(9-12)24(7-8-27-15)18(26)28-19(2,3)4/h5-6,9-10H,7-8H2,1-4H3,(H,21,22,23). The van der Waals surface area contributed by atoms with Crippen molar-refractivity contribution >= 4 is 40.7 Å². The van der Waals surface area contributed by atoms with E-state index >= 15 is 0 Å². The van der Waals surface area contributed by atoms with Gasteiger partial charge in [0.15, 0.2) is 5.78 Å². The Kier molecular flexibility index (Phi) is 5.42. The Bertz CT molecular complexity index is 927. The molecule has 2 heterocycles. The van der Waals surface area contributed by atoms with Crippen molar-refractivity contribution in [3.8, 4) is 5.75 Å². The molecule has 0 unspecified atom stereocenters. The number of amides is 1. The summed E-state index contributed by atoms with van der Waals surface area (Å²) < 4.78 is 11.1. The maximum Gasteiger partial charge on any atom is 0.415 e. The lowest BCUT2D eigenvalue weighted by atomic mass is 10.2. The molecule has 3 rings (SSSR count). The Balaban J connectivity index is 1.93. The molecule has 1 aliphatic rings. The van der Waals surface area contributed by atoms with Crippen LogP contribution in [-0.2, 0) is 4.74 Å². The molecule has 148 valence electrons. The van der Waals surface area contributed by atoms with E-state index in [-0.39, 0.29) is 16.9 Å². The van der Waals surface area contributed by atoms with Gasteiger partial charge < -0.3 is 14.8 Å².